The molecule has 1 aliphatic rings. The lowest BCUT2D eigenvalue weighted by molar-refractivity contribution is -0.134. The second kappa shape index (κ2) is 9.16. The van der Waals surface area contributed by atoms with Crippen LogP contribution in [-0.2, 0) is 11.2 Å². The third kappa shape index (κ3) is 5.29. The number of nitrogens with zero attached hydrogens (tertiary/aromatic N) is 1. The molecular weight excluding hydrogens is 296 g/mol. The van der Waals surface area contributed by atoms with Crippen LogP contribution in [0.15, 0.2) is 24.3 Å². The van der Waals surface area contributed by atoms with Gasteiger partial charge in [-0.05, 0) is 56.3 Å². The first-order valence-electron chi connectivity index (χ1n) is 8.45. The largest absolute Gasteiger partial charge is 0.340 e. The van der Waals surface area contributed by atoms with Gasteiger partial charge in [0, 0.05) is 30.6 Å². The number of piperidine rings is 1. The molecule has 1 heterocycles. The van der Waals surface area contributed by atoms with Crippen molar-refractivity contribution in [2.24, 2.45) is 0 Å². The number of carbonyl (C=O) groups is 1. The second-order valence-electron chi connectivity index (χ2n) is 6.02. The summed E-state index contributed by atoms with van der Waals surface area (Å²) in [4.78, 5) is 14.4. The molecular formula is C18H27ClN2O. The number of rotatable bonds is 7. The van der Waals surface area contributed by atoms with Gasteiger partial charge >= 0.3 is 0 Å². The van der Waals surface area contributed by atoms with Gasteiger partial charge in [0.15, 0.2) is 0 Å². The van der Waals surface area contributed by atoms with Crippen LogP contribution in [0.4, 0.5) is 0 Å². The average molecular weight is 323 g/mol. The van der Waals surface area contributed by atoms with Crippen molar-refractivity contribution in [2.75, 3.05) is 19.6 Å². The molecule has 0 radical (unpaired) electrons. The van der Waals surface area contributed by atoms with Crippen molar-refractivity contribution in [3.63, 3.8) is 0 Å². The Morgan fingerprint density at radius 1 is 1.27 bits per heavy atom. The third-order valence-corrected chi connectivity index (χ3v) is 4.69. The molecule has 1 amide bonds. The molecule has 22 heavy (non-hydrogen) atoms. The van der Waals surface area contributed by atoms with Crippen LogP contribution in [-0.4, -0.2) is 36.5 Å². The number of carbonyl (C=O) groups excluding carboxylic acids is 1. The van der Waals surface area contributed by atoms with Crippen LogP contribution in [0.2, 0.25) is 5.02 Å². The van der Waals surface area contributed by atoms with E-state index < -0.39 is 0 Å². The second-order valence-corrected chi connectivity index (χ2v) is 6.46. The normalized spacial score (nSPS) is 18.5. The molecule has 2 rings (SSSR count). The van der Waals surface area contributed by atoms with E-state index in [0.717, 1.165) is 43.9 Å². The van der Waals surface area contributed by atoms with E-state index in [1.165, 1.54) is 18.4 Å². The zero-order valence-corrected chi connectivity index (χ0v) is 14.2. The first-order valence-corrected chi connectivity index (χ1v) is 8.83. The summed E-state index contributed by atoms with van der Waals surface area (Å²) in [5, 5.41) is 4.14. The van der Waals surface area contributed by atoms with E-state index in [9.17, 15) is 4.79 Å². The first kappa shape index (κ1) is 17.3. The molecule has 4 heteroatoms. The molecule has 0 bridgehead atoms. The molecule has 1 atom stereocenters. The predicted molar refractivity (Wildman–Crippen MR) is 92.3 cm³/mol. The number of amides is 1. The van der Waals surface area contributed by atoms with Gasteiger partial charge < -0.3 is 10.2 Å². The van der Waals surface area contributed by atoms with Crippen molar-refractivity contribution in [3.8, 4) is 0 Å². The molecule has 1 aliphatic heterocycles. The topological polar surface area (TPSA) is 32.3 Å². The van der Waals surface area contributed by atoms with E-state index >= 15 is 0 Å². The van der Waals surface area contributed by atoms with Gasteiger partial charge in [0.2, 0.25) is 5.91 Å². The highest BCUT2D eigenvalue weighted by Gasteiger charge is 2.24. The fourth-order valence-corrected chi connectivity index (χ4v) is 3.23. The lowest BCUT2D eigenvalue weighted by Crippen LogP contribution is -2.44. The van der Waals surface area contributed by atoms with Crippen LogP contribution in [0.25, 0.3) is 0 Å². The van der Waals surface area contributed by atoms with E-state index in [-0.39, 0.29) is 0 Å². The van der Waals surface area contributed by atoms with Crippen LogP contribution in [0.3, 0.4) is 0 Å². The molecule has 3 nitrogen and oxygen atoms in total. The molecule has 122 valence electrons. The zero-order valence-electron chi connectivity index (χ0n) is 13.5. The molecule has 1 unspecified atom stereocenters. The van der Waals surface area contributed by atoms with Gasteiger partial charge in [-0.1, -0.05) is 30.7 Å². The van der Waals surface area contributed by atoms with Gasteiger partial charge in [-0.3, -0.25) is 4.79 Å². The number of nitrogens with one attached hydrogen (secondary N) is 1. The van der Waals surface area contributed by atoms with Crippen LogP contribution in [0.1, 0.15) is 44.6 Å². The Morgan fingerprint density at radius 3 is 2.77 bits per heavy atom. The Morgan fingerprint density at radius 2 is 2.05 bits per heavy atom. The molecule has 0 aromatic heterocycles. The van der Waals surface area contributed by atoms with E-state index in [2.05, 4.69) is 29.3 Å². The fourth-order valence-electron chi connectivity index (χ4n) is 3.10. The smallest absolute Gasteiger partial charge is 0.224 e. The fraction of sp³-hybridized carbons (Fsp3) is 0.611. The summed E-state index contributed by atoms with van der Waals surface area (Å²) in [7, 11) is 0. The van der Waals surface area contributed by atoms with E-state index in [1.54, 1.807) is 0 Å². The number of hydrogen-bond donors (Lipinski definition) is 1. The van der Waals surface area contributed by atoms with Crippen molar-refractivity contribution in [2.45, 2.75) is 51.5 Å². The molecule has 0 spiro atoms. The number of likely N-dealkylation sites (tertiary alicyclic amines) is 1. The lowest BCUT2D eigenvalue weighted by atomic mass is 9.99. The van der Waals surface area contributed by atoms with Gasteiger partial charge in [-0.2, -0.15) is 0 Å². The Kier molecular flexibility index (Phi) is 7.20. The average Bonchev–Trinajstić information content (AvgIpc) is 2.56. The lowest BCUT2D eigenvalue weighted by Gasteiger charge is -2.35. The Hall–Kier alpha value is -1.06. The molecule has 0 saturated carbocycles. The Labute approximate surface area is 139 Å². The van der Waals surface area contributed by atoms with E-state index in [4.69, 9.17) is 11.6 Å². The van der Waals surface area contributed by atoms with E-state index in [1.807, 2.05) is 12.1 Å². The van der Waals surface area contributed by atoms with Crippen molar-refractivity contribution >= 4 is 17.5 Å². The molecule has 1 aromatic carbocycles. The monoisotopic (exact) mass is 322 g/mol. The number of halogens is 1. The van der Waals surface area contributed by atoms with Gasteiger partial charge in [0.05, 0.1) is 0 Å². The third-order valence-electron chi connectivity index (χ3n) is 4.44. The first-order chi connectivity index (χ1) is 10.7. The molecule has 1 aromatic rings. The highest BCUT2D eigenvalue weighted by molar-refractivity contribution is 6.30. The van der Waals surface area contributed by atoms with Crippen LogP contribution < -0.4 is 5.32 Å². The summed E-state index contributed by atoms with van der Waals surface area (Å²) >= 11 is 5.87. The maximum atomic E-state index is 12.3. The van der Waals surface area contributed by atoms with Gasteiger partial charge in [-0.15, -0.1) is 0 Å². The standard InChI is InChI=1S/C18H27ClN2O/c1-2-17-5-3-4-14-21(17)18(22)11-13-20-12-10-15-6-8-16(19)9-7-15/h6-9,17,20H,2-5,10-14H2,1H3. The van der Waals surface area contributed by atoms with Crippen molar-refractivity contribution in [1.29, 1.82) is 0 Å². The van der Waals surface area contributed by atoms with Crippen molar-refractivity contribution in [1.82, 2.24) is 10.2 Å². The summed E-state index contributed by atoms with van der Waals surface area (Å²) in [5.41, 5.74) is 1.27. The summed E-state index contributed by atoms with van der Waals surface area (Å²) in [6.45, 7) is 4.79. The number of hydrogen-bond acceptors (Lipinski definition) is 2. The molecule has 0 aliphatic carbocycles. The summed E-state index contributed by atoms with van der Waals surface area (Å²) in [5.74, 6) is 0.311. The van der Waals surface area contributed by atoms with Crippen LogP contribution >= 0.6 is 11.6 Å². The molecule has 1 saturated heterocycles. The van der Waals surface area contributed by atoms with Crippen LogP contribution in [0.5, 0.6) is 0 Å². The minimum Gasteiger partial charge on any atom is -0.340 e. The highest BCUT2D eigenvalue weighted by atomic mass is 35.5. The summed E-state index contributed by atoms with van der Waals surface area (Å²) < 4.78 is 0. The molecule has 1 fully saturated rings. The Balaban J connectivity index is 1.63. The van der Waals surface area contributed by atoms with Gasteiger partial charge in [-0.25, -0.2) is 0 Å². The minimum atomic E-state index is 0.311. The number of benzene rings is 1. The van der Waals surface area contributed by atoms with Crippen LogP contribution in [0, 0.1) is 0 Å². The van der Waals surface area contributed by atoms with E-state index in [0.29, 0.717) is 18.4 Å². The minimum absolute atomic E-state index is 0.311. The maximum absolute atomic E-state index is 12.3. The van der Waals surface area contributed by atoms with Crippen molar-refractivity contribution in [3.05, 3.63) is 34.9 Å². The maximum Gasteiger partial charge on any atom is 0.224 e. The van der Waals surface area contributed by atoms with Crippen molar-refractivity contribution < 1.29 is 4.79 Å². The summed E-state index contributed by atoms with van der Waals surface area (Å²) in [6, 6.07) is 8.41. The van der Waals surface area contributed by atoms with Gasteiger partial charge in [0.25, 0.3) is 0 Å². The summed E-state index contributed by atoms with van der Waals surface area (Å²) in [6.07, 6.45) is 6.25. The van der Waals surface area contributed by atoms with Gasteiger partial charge in [0.1, 0.15) is 0 Å². The molecule has 1 N–H and O–H groups in total. The Bertz CT molecular complexity index is 461. The predicted octanol–water partition coefficient (Wildman–Crippen LogP) is 3.65. The highest BCUT2D eigenvalue weighted by Crippen LogP contribution is 2.20. The SMILES string of the molecule is CCC1CCCCN1C(=O)CCNCCc1ccc(Cl)cc1. The quantitative estimate of drug-likeness (QED) is 0.777. The zero-order chi connectivity index (χ0) is 15.8.